The molecule has 0 aliphatic rings. The lowest BCUT2D eigenvalue weighted by Crippen LogP contribution is -2.29. The lowest BCUT2D eigenvalue weighted by atomic mass is 10.2. The van der Waals surface area contributed by atoms with Crippen molar-refractivity contribution in [3.05, 3.63) is 24.3 Å². The van der Waals surface area contributed by atoms with Crippen LogP contribution in [0.5, 0.6) is 0 Å². The molecule has 1 rings (SSSR count). The van der Waals surface area contributed by atoms with Crippen molar-refractivity contribution in [2.45, 2.75) is 32.9 Å². The van der Waals surface area contributed by atoms with E-state index in [-0.39, 0.29) is 5.60 Å². The lowest BCUT2D eigenvalue weighted by Gasteiger charge is -2.18. The summed E-state index contributed by atoms with van der Waals surface area (Å²) < 4.78 is 0. The highest BCUT2D eigenvalue weighted by Gasteiger charge is 2.09. The van der Waals surface area contributed by atoms with E-state index in [1.165, 1.54) is 0 Å². The number of hydrogen-bond acceptors (Lipinski definition) is 4. The molecule has 0 spiro atoms. The Bertz CT molecular complexity index is 243. The van der Waals surface area contributed by atoms with Crippen molar-refractivity contribution in [2.24, 2.45) is 0 Å². The molecule has 0 bridgehead atoms. The van der Waals surface area contributed by atoms with E-state index in [9.17, 15) is 0 Å². The second kappa shape index (κ2) is 4.30. The molecular formula is C9H15N3O. The maximum Gasteiger partial charge on any atom is 0.144 e. The molecule has 1 aromatic rings. The maximum absolute atomic E-state index is 5.30. The van der Waals surface area contributed by atoms with E-state index in [1.54, 1.807) is 18.5 Å². The first kappa shape index (κ1) is 10.1. The second-order valence-electron chi connectivity index (χ2n) is 3.70. The minimum atomic E-state index is -0.186. The molecule has 0 aromatic carbocycles. The Hall–Kier alpha value is -1.00. The van der Waals surface area contributed by atoms with E-state index < -0.39 is 0 Å². The number of nitrogens with one attached hydrogen (secondary N) is 1. The third-order valence-electron chi connectivity index (χ3n) is 1.23. The van der Waals surface area contributed by atoms with Gasteiger partial charge in [0, 0.05) is 12.4 Å². The van der Waals surface area contributed by atoms with Crippen molar-refractivity contribution in [1.82, 2.24) is 15.4 Å². The molecule has 0 amide bonds. The van der Waals surface area contributed by atoms with E-state index in [2.05, 4.69) is 15.4 Å². The van der Waals surface area contributed by atoms with Gasteiger partial charge >= 0.3 is 0 Å². The average Bonchev–Trinajstić information content (AvgIpc) is 2.04. The van der Waals surface area contributed by atoms with E-state index >= 15 is 0 Å². The quantitative estimate of drug-likeness (QED) is 0.714. The Balaban J connectivity index is 2.29. The van der Waals surface area contributed by atoms with E-state index in [1.807, 2.05) is 20.8 Å². The third-order valence-corrected chi connectivity index (χ3v) is 1.23. The van der Waals surface area contributed by atoms with Gasteiger partial charge in [-0.05, 0) is 26.8 Å². The minimum Gasteiger partial charge on any atom is -0.296 e. The summed E-state index contributed by atoms with van der Waals surface area (Å²) in [7, 11) is 0. The van der Waals surface area contributed by atoms with Crippen LogP contribution < -0.4 is 5.48 Å². The Morgan fingerprint density at radius 2 is 1.92 bits per heavy atom. The zero-order chi connectivity index (χ0) is 9.73. The number of nitrogens with zero attached hydrogens (tertiary/aromatic N) is 2. The molecule has 4 nitrogen and oxygen atoms in total. The average molecular weight is 181 g/mol. The van der Waals surface area contributed by atoms with Gasteiger partial charge in [0.2, 0.25) is 0 Å². The fourth-order valence-electron chi connectivity index (χ4n) is 0.738. The van der Waals surface area contributed by atoms with Gasteiger partial charge in [-0.3, -0.25) is 4.84 Å². The highest BCUT2D eigenvalue weighted by Crippen LogP contribution is 2.03. The Morgan fingerprint density at radius 1 is 1.31 bits per heavy atom. The monoisotopic (exact) mass is 181 g/mol. The van der Waals surface area contributed by atoms with Gasteiger partial charge in [-0.2, -0.15) is 5.48 Å². The van der Waals surface area contributed by atoms with Gasteiger partial charge in [-0.1, -0.05) is 0 Å². The van der Waals surface area contributed by atoms with Gasteiger partial charge < -0.3 is 0 Å². The van der Waals surface area contributed by atoms with E-state index in [4.69, 9.17) is 4.84 Å². The van der Waals surface area contributed by atoms with E-state index in [0.29, 0.717) is 6.54 Å². The van der Waals surface area contributed by atoms with Gasteiger partial charge in [0.25, 0.3) is 0 Å². The summed E-state index contributed by atoms with van der Waals surface area (Å²) in [4.78, 5) is 13.4. The SMILES string of the molecule is CC(C)(C)ONCc1ncccn1. The molecule has 0 atom stereocenters. The molecule has 4 heteroatoms. The smallest absolute Gasteiger partial charge is 0.144 e. The topological polar surface area (TPSA) is 47.0 Å². The molecule has 0 fully saturated rings. The second-order valence-corrected chi connectivity index (χ2v) is 3.70. The predicted molar refractivity (Wildman–Crippen MR) is 49.7 cm³/mol. The molecule has 0 saturated carbocycles. The molecule has 13 heavy (non-hydrogen) atoms. The first-order valence-electron chi connectivity index (χ1n) is 4.25. The highest BCUT2D eigenvalue weighted by atomic mass is 16.7. The summed E-state index contributed by atoms with van der Waals surface area (Å²) in [5.41, 5.74) is 2.63. The molecular weight excluding hydrogens is 166 g/mol. The normalized spacial score (nSPS) is 11.6. The van der Waals surface area contributed by atoms with E-state index in [0.717, 1.165) is 5.82 Å². The van der Waals surface area contributed by atoms with Crippen LogP contribution in [-0.2, 0) is 11.4 Å². The molecule has 0 aliphatic carbocycles. The Labute approximate surface area is 78.3 Å². The molecule has 0 saturated heterocycles. The van der Waals surface area contributed by atoms with Gasteiger partial charge in [0.15, 0.2) is 0 Å². The van der Waals surface area contributed by atoms with Crippen LogP contribution >= 0.6 is 0 Å². The zero-order valence-corrected chi connectivity index (χ0v) is 8.24. The van der Waals surface area contributed by atoms with Gasteiger partial charge in [0.1, 0.15) is 5.82 Å². The van der Waals surface area contributed by atoms with Crippen LogP contribution in [0.2, 0.25) is 0 Å². The standard InChI is InChI=1S/C9H15N3O/c1-9(2,3)13-12-7-8-10-5-4-6-11-8/h4-6,12H,7H2,1-3H3. The fourth-order valence-corrected chi connectivity index (χ4v) is 0.738. The molecule has 1 aromatic heterocycles. The molecule has 72 valence electrons. The predicted octanol–water partition coefficient (Wildman–Crippen LogP) is 1.30. The summed E-state index contributed by atoms with van der Waals surface area (Å²) in [6.45, 7) is 6.46. The van der Waals surface area contributed by atoms with Crippen LogP contribution in [0.15, 0.2) is 18.5 Å². The minimum absolute atomic E-state index is 0.186. The number of aromatic nitrogens is 2. The van der Waals surface area contributed by atoms with Crippen molar-refractivity contribution in [1.29, 1.82) is 0 Å². The van der Waals surface area contributed by atoms with Crippen LogP contribution in [-0.4, -0.2) is 15.6 Å². The van der Waals surface area contributed by atoms with Crippen molar-refractivity contribution in [3.8, 4) is 0 Å². The van der Waals surface area contributed by atoms with Gasteiger partial charge in [-0.15, -0.1) is 0 Å². The summed E-state index contributed by atoms with van der Waals surface area (Å²) in [5.74, 6) is 0.728. The molecule has 0 aliphatic heterocycles. The highest BCUT2D eigenvalue weighted by molar-refractivity contribution is 4.87. The van der Waals surface area contributed by atoms with Crippen LogP contribution in [0.4, 0.5) is 0 Å². The molecule has 1 heterocycles. The zero-order valence-electron chi connectivity index (χ0n) is 8.24. The summed E-state index contributed by atoms with van der Waals surface area (Å²) in [6, 6.07) is 1.79. The van der Waals surface area contributed by atoms with Crippen molar-refractivity contribution >= 4 is 0 Å². The Morgan fingerprint density at radius 3 is 2.46 bits per heavy atom. The molecule has 0 radical (unpaired) electrons. The van der Waals surface area contributed by atoms with Crippen LogP contribution in [0, 0.1) is 0 Å². The fraction of sp³-hybridized carbons (Fsp3) is 0.556. The van der Waals surface area contributed by atoms with Crippen LogP contribution in [0.3, 0.4) is 0 Å². The number of hydroxylamine groups is 1. The van der Waals surface area contributed by atoms with Gasteiger partial charge in [0.05, 0.1) is 12.1 Å². The first-order valence-corrected chi connectivity index (χ1v) is 4.25. The van der Waals surface area contributed by atoms with Crippen molar-refractivity contribution in [2.75, 3.05) is 0 Å². The number of hydrogen-bond donors (Lipinski definition) is 1. The van der Waals surface area contributed by atoms with Crippen LogP contribution in [0.25, 0.3) is 0 Å². The molecule has 1 N–H and O–H groups in total. The summed E-state index contributed by atoms with van der Waals surface area (Å²) in [6.07, 6.45) is 3.42. The van der Waals surface area contributed by atoms with Crippen molar-refractivity contribution < 1.29 is 4.84 Å². The molecule has 0 unspecified atom stereocenters. The summed E-state index contributed by atoms with van der Waals surface area (Å²) in [5, 5.41) is 0. The lowest BCUT2D eigenvalue weighted by molar-refractivity contribution is -0.0765. The first-order chi connectivity index (χ1) is 6.08. The van der Waals surface area contributed by atoms with Crippen molar-refractivity contribution in [3.63, 3.8) is 0 Å². The largest absolute Gasteiger partial charge is 0.296 e. The maximum atomic E-state index is 5.30. The Kier molecular flexibility index (Phi) is 3.33. The third kappa shape index (κ3) is 4.55. The summed E-state index contributed by atoms with van der Waals surface area (Å²) >= 11 is 0. The van der Waals surface area contributed by atoms with Crippen LogP contribution in [0.1, 0.15) is 26.6 Å². The van der Waals surface area contributed by atoms with Gasteiger partial charge in [-0.25, -0.2) is 9.97 Å². The number of rotatable bonds is 3.